The average Bonchev–Trinajstić information content (AvgIpc) is 3.31. The number of carbonyl (C=O) groups is 1. The van der Waals surface area contributed by atoms with Crippen molar-refractivity contribution in [3.63, 3.8) is 0 Å². The van der Waals surface area contributed by atoms with Crippen LogP contribution in [0.25, 0.3) is 0 Å². The van der Waals surface area contributed by atoms with Crippen molar-refractivity contribution in [3.8, 4) is 0 Å². The third-order valence-corrected chi connectivity index (χ3v) is 7.03. The molecule has 0 radical (unpaired) electrons. The number of amides is 1. The molecule has 2 aromatic rings. The van der Waals surface area contributed by atoms with Gasteiger partial charge in [0.2, 0.25) is 10.0 Å². The standard InChI is InChI=1S/C18H23N3O3S2/c1-18(2,3)15-11-25-17(19-15)20-16(22)12-5-9-14(10-6-12)26(23,24)21(4)13-7-8-13/h5-6,9-11,13H,7-8H2,1-4H3,(H,19,20,22). The summed E-state index contributed by atoms with van der Waals surface area (Å²) in [4.78, 5) is 17.0. The van der Waals surface area contributed by atoms with Gasteiger partial charge in [0.15, 0.2) is 5.13 Å². The lowest BCUT2D eigenvalue weighted by Crippen LogP contribution is -2.29. The maximum Gasteiger partial charge on any atom is 0.257 e. The normalized spacial score (nSPS) is 15.3. The smallest absolute Gasteiger partial charge is 0.257 e. The van der Waals surface area contributed by atoms with Crippen LogP contribution in [0, 0.1) is 0 Å². The van der Waals surface area contributed by atoms with Gasteiger partial charge >= 0.3 is 0 Å². The van der Waals surface area contributed by atoms with Gasteiger partial charge in [-0.2, -0.15) is 4.31 Å². The molecule has 1 N–H and O–H groups in total. The second-order valence-corrected chi connectivity index (χ2v) is 10.4. The summed E-state index contributed by atoms with van der Waals surface area (Å²) in [5.41, 5.74) is 1.23. The summed E-state index contributed by atoms with van der Waals surface area (Å²) in [6, 6.07) is 6.12. The predicted molar refractivity (Wildman–Crippen MR) is 103 cm³/mol. The van der Waals surface area contributed by atoms with Crippen LogP contribution in [-0.2, 0) is 15.4 Å². The number of sulfonamides is 1. The number of thiazole rings is 1. The molecule has 6 nitrogen and oxygen atoms in total. The van der Waals surface area contributed by atoms with E-state index in [1.165, 1.54) is 39.9 Å². The molecule has 1 fully saturated rings. The Morgan fingerprint density at radius 1 is 1.23 bits per heavy atom. The van der Waals surface area contributed by atoms with Crippen molar-refractivity contribution in [1.29, 1.82) is 0 Å². The maximum atomic E-state index is 12.5. The minimum atomic E-state index is -3.50. The zero-order valence-electron chi connectivity index (χ0n) is 15.3. The molecule has 0 atom stereocenters. The number of anilines is 1. The number of nitrogens with one attached hydrogen (secondary N) is 1. The van der Waals surface area contributed by atoms with Gasteiger partial charge in [0, 0.05) is 29.4 Å². The molecule has 1 aromatic carbocycles. The van der Waals surface area contributed by atoms with E-state index in [1.807, 2.05) is 5.38 Å². The van der Waals surface area contributed by atoms with Crippen molar-refractivity contribution in [2.24, 2.45) is 0 Å². The fraction of sp³-hybridized carbons (Fsp3) is 0.444. The van der Waals surface area contributed by atoms with Gasteiger partial charge in [-0.1, -0.05) is 20.8 Å². The highest BCUT2D eigenvalue weighted by atomic mass is 32.2. The molecule has 1 heterocycles. The van der Waals surface area contributed by atoms with Gasteiger partial charge in [-0.05, 0) is 37.1 Å². The van der Waals surface area contributed by atoms with Crippen molar-refractivity contribution in [2.75, 3.05) is 12.4 Å². The van der Waals surface area contributed by atoms with E-state index in [4.69, 9.17) is 0 Å². The lowest BCUT2D eigenvalue weighted by Gasteiger charge is -2.16. The zero-order valence-corrected chi connectivity index (χ0v) is 16.9. The van der Waals surface area contributed by atoms with Crippen LogP contribution in [0.15, 0.2) is 34.5 Å². The van der Waals surface area contributed by atoms with Crippen LogP contribution in [0.3, 0.4) is 0 Å². The highest BCUT2D eigenvalue weighted by Crippen LogP contribution is 2.30. The molecule has 0 bridgehead atoms. The molecule has 1 aliphatic rings. The van der Waals surface area contributed by atoms with E-state index in [1.54, 1.807) is 7.05 Å². The van der Waals surface area contributed by atoms with Crippen molar-refractivity contribution in [1.82, 2.24) is 9.29 Å². The lowest BCUT2D eigenvalue weighted by atomic mass is 9.93. The van der Waals surface area contributed by atoms with Crippen LogP contribution in [-0.4, -0.2) is 36.7 Å². The van der Waals surface area contributed by atoms with Crippen LogP contribution in [0.2, 0.25) is 0 Å². The number of hydrogen-bond acceptors (Lipinski definition) is 5. The summed E-state index contributed by atoms with van der Waals surface area (Å²) in [5, 5.41) is 5.23. The molecule has 1 saturated carbocycles. The number of carbonyl (C=O) groups excluding carboxylic acids is 1. The van der Waals surface area contributed by atoms with Crippen LogP contribution in [0.1, 0.15) is 49.7 Å². The largest absolute Gasteiger partial charge is 0.298 e. The number of nitrogens with zero attached hydrogens (tertiary/aromatic N) is 2. The molecular weight excluding hydrogens is 370 g/mol. The van der Waals surface area contributed by atoms with Crippen molar-refractivity contribution in [3.05, 3.63) is 40.9 Å². The summed E-state index contributed by atoms with van der Waals surface area (Å²) in [6.45, 7) is 6.18. The van der Waals surface area contributed by atoms with Gasteiger partial charge in [-0.25, -0.2) is 13.4 Å². The van der Waals surface area contributed by atoms with Crippen LogP contribution in [0.4, 0.5) is 5.13 Å². The van der Waals surface area contributed by atoms with E-state index in [2.05, 4.69) is 31.1 Å². The first-order valence-electron chi connectivity index (χ1n) is 8.44. The van der Waals surface area contributed by atoms with E-state index in [9.17, 15) is 13.2 Å². The molecule has 1 amide bonds. The quantitative estimate of drug-likeness (QED) is 0.843. The number of aromatic nitrogens is 1. The summed E-state index contributed by atoms with van der Waals surface area (Å²) in [7, 11) is -1.90. The molecular formula is C18H23N3O3S2. The Kier molecular flexibility index (Phi) is 4.94. The van der Waals surface area contributed by atoms with E-state index in [-0.39, 0.29) is 22.3 Å². The first-order chi connectivity index (χ1) is 12.1. The number of hydrogen-bond donors (Lipinski definition) is 1. The van der Waals surface area contributed by atoms with Crippen LogP contribution in [0.5, 0.6) is 0 Å². The summed E-state index contributed by atoms with van der Waals surface area (Å²) in [6.07, 6.45) is 1.81. The Morgan fingerprint density at radius 2 is 1.85 bits per heavy atom. The molecule has 0 spiro atoms. The minimum absolute atomic E-state index is 0.0803. The molecule has 26 heavy (non-hydrogen) atoms. The van der Waals surface area contributed by atoms with Crippen molar-refractivity contribution in [2.45, 2.75) is 50.0 Å². The Hall–Kier alpha value is -1.77. The molecule has 0 saturated heterocycles. The second-order valence-electron chi connectivity index (χ2n) is 7.52. The molecule has 140 valence electrons. The van der Waals surface area contributed by atoms with Gasteiger partial charge in [-0.15, -0.1) is 11.3 Å². The van der Waals surface area contributed by atoms with Gasteiger partial charge < -0.3 is 0 Å². The summed E-state index contributed by atoms with van der Waals surface area (Å²) < 4.78 is 26.4. The number of rotatable bonds is 5. The van der Waals surface area contributed by atoms with E-state index < -0.39 is 10.0 Å². The molecule has 1 aliphatic carbocycles. The Labute approximate surface area is 158 Å². The minimum Gasteiger partial charge on any atom is -0.298 e. The van der Waals surface area contributed by atoms with Crippen LogP contribution >= 0.6 is 11.3 Å². The topological polar surface area (TPSA) is 79.4 Å². The molecule has 3 rings (SSSR count). The maximum absolute atomic E-state index is 12.5. The SMILES string of the molecule is CN(C1CC1)S(=O)(=O)c1ccc(C(=O)Nc2nc(C(C)(C)C)cs2)cc1. The average molecular weight is 394 g/mol. The van der Waals surface area contributed by atoms with Crippen LogP contribution < -0.4 is 5.32 Å². The van der Waals surface area contributed by atoms with Gasteiger partial charge in [0.1, 0.15) is 0 Å². The highest BCUT2D eigenvalue weighted by Gasteiger charge is 2.35. The first kappa shape index (κ1) is 19.0. The summed E-state index contributed by atoms with van der Waals surface area (Å²) in [5.74, 6) is -0.306. The molecule has 1 aromatic heterocycles. The highest BCUT2D eigenvalue weighted by molar-refractivity contribution is 7.89. The third-order valence-electron chi connectivity index (χ3n) is 4.35. The van der Waals surface area contributed by atoms with Gasteiger partial charge in [-0.3, -0.25) is 10.1 Å². The fourth-order valence-electron chi connectivity index (χ4n) is 2.42. The van der Waals surface area contributed by atoms with Crippen molar-refractivity contribution < 1.29 is 13.2 Å². The Bertz CT molecular complexity index is 908. The zero-order chi connectivity index (χ0) is 19.1. The third kappa shape index (κ3) is 3.97. The monoisotopic (exact) mass is 393 g/mol. The van der Waals surface area contributed by atoms with E-state index in [0.717, 1.165) is 18.5 Å². The first-order valence-corrected chi connectivity index (χ1v) is 10.8. The van der Waals surface area contributed by atoms with Gasteiger partial charge in [0.05, 0.1) is 10.6 Å². The molecule has 0 unspecified atom stereocenters. The molecule has 8 heteroatoms. The fourth-order valence-corrected chi connectivity index (χ4v) is 4.77. The van der Waals surface area contributed by atoms with Gasteiger partial charge in [0.25, 0.3) is 5.91 Å². The second kappa shape index (κ2) is 6.75. The van der Waals surface area contributed by atoms with Crippen molar-refractivity contribution >= 4 is 32.4 Å². The molecule has 0 aliphatic heterocycles. The number of benzene rings is 1. The van der Waals surface area contributed by atoms with E-state index >= 15 is 0 Å². The summed E-state index contributed by atoms with van der Waals surface area (Å²) >= 11 is 1.38. The van der Waals surface area contributed by atoms with E-state index in [0.29, 0.717) is 10.7 Å². The Morgan fingerprint density at radius 3 is 2.35 bits per heavy atom. The lowest BCUT2D eigenvalue weighted by molar-refractivity contribution is 0.102. The Balaban J connectivity index is 1.72. The predicted octanol–water partition coefficient (Wildman–Crippen LogP) is 3.48.